The standard InChI is InChI=1S/C9H9NO2/c1-3-6-10-7-4-5-8(10)9(11)12-2/h4-7H,1H2,2H3. The molecule has 12 heavy (non-hydrogen) atoms. The summed E-state index contributed by atoms with van der Waals surface area (Å²) in [6.07, 6.45) is 3.29. The number of aromatic nitrogens is 1. The van der Waals surface area contributed by atoms with E-state index < -0.39 is 0 Å². The van der Waals surface area contributed by atoms with Crippen molar-refractivity contribution in [1.82, 2.24) is 4.57 Å². The van der Waals surface area contributed by atoms with Crippen LogP contribution >= 0.6 is 0 Å². The lowest BCUT2D eigenvalue weighted by atomic mass is 10.4. The molecule has 1 heterocycles. The van der Waals surface area contributed by atoms with E-state index in [1.807, 2.05) is 0 Å². The summed E-state index contributed by atoms with van der Waals surface area (Å²) in [5, 5.41) is 0. The number of carbonyl (C=O) groups is 1. The number of methoxy groups -OCH3 is 1. The van der Waals surface area contributed by atoms with Crippen LogP contribution in [0.1, 0.15) is 10.5 Å². The Morgan fingerprint density at radius 1 is 1.83 bits per heavy atom. The summed E-state index contributed by atoms with van der Waals surface area (Å²) in [5.41, 5.74) is 3.04. The van der Waals surface area contributed by atoms with Crippen molar-refractivity contribution in [1.29, 1.82) is 0 Å². The minimum absolute atomic E-state index is 0.369. The van der Waals surface area contributed by atoms with Crippen LogP contribution in [0.25, 0.3) is 6.20 Å². The van der Waals surface area contributed by atoms with Crippen molar-refractivity contribution in [2.75, 3.05) is 7.11 Å². The second kappa shape index (κ2) is 3.60. The van der Waals surface area contributed by atoms with Crippen molar-refractivity contribution < 1.29 is 9.53 Å². The quantitative estimate of drug-likeness (QED) is 0.489. The maximum atomic E-state index is 11.1. The lowest BCUT2D eigenvalue weighted by molar-refractivity contribution is 0.0592. The van der Waals surface area contributed by atoms with Crippen LogP contribution in [0.2, 0.25) is 0 Å². The first-order valence-corrected chi connectivity index (χ1v) is 3.40. The highest BCUT2D eigenvalue weighted by atomic mass is 16.5. The second-order valence-corrected chi connectivity index (χ2v) is 2.13. The molecule has 0 unspecified atom stereocenters. The van der Waals surface area contributed by atoms with Gasteiger partial charge in [-0.3, -0.25) is 0 Å². The summed E-state index contributed by atoms with van der Waals surface area (Å²) in [5.74, 6) is -0.369. The third kappa shape index (κ3) is 1.47. The van der Waals surface area contributed by atoms with Crippen LogP contribution in [-0.2, 0) is 4.74 Å². The van der Waals surface area contributed by atoms with Gasteiger partial charge >= 0.3 is 5.97 Å². The molecule has 0 saturated carbocycles. The smallest absolute Gasteiger partial charge is 0.355 e. The molecular formula is C9H9NO2. The van der Waals surface area contributed by atoms with Gasteiger partial charge in [-0.15, -0.1) is 5.73 Å². The Bertz CT molecular complexity index is 332. The van der Waals surface area contributed by atoms with Gasteiger partial charge in [-0.1, -0.05) is 6.58 Å². The van der Waals surface area contributed by atoms with Gasteiger partial charge in [0.05, 0.1) is 13.3 Å². The summed E-state index contributed by atoms with van der Waals surface area (Å²) in [4.78, 5) is 11.1. The fourth-order valence-electron chi connectivity index (χ4n) is 0.882. The number of nitrogens with zero attached hydrogens (tertiary/aromatic N) is 1. The fraction of sp³-hybridized carbons (Fsp3) is 0.111. The number of hydrogen-bond acceptors (Lipinski definition) is 2. The molecule has 0 bridgehead atoms. The fourth-order valence-corrected chi connectivity index (χ4v) is 0.882. The van der Waals surface area contributed by atoms with E-state index in [2.05, 4.69) is 17.0 Å². The Kier molecular flexibility index (Phi) is 2.51. The van der Waals surface area contributed by atoms with Crippen LogP contribution in [0.15, 0.2) is 30.6 Å². The molecule has 3 nitrogen and oxygen atoms in total. The molecule has 0 saturated heterocycles. The maximum Gasteiger partial charge on any atom is 0.355 e. The second-order valence-electron chi connectivity index (χ2n) is 2.13. The van der Waals surface area contributed by atoms with Gasteiger partial charge < -0.3 is 9.30 Å². The Morgan fingerprint density at radius 3 is 3.17 bits per heavy atom. The first-order chi connectivity index (χ1) is 5.79. The molecule has 0 aliphatic heterocycles. The normalized spacial score (nSPS) is 8.75. The maximum absolute atomic E-state index is 11.1. The third-order valence-corrected chi connectivity index (χ3v) is 1.40. The summed E-state index contributed by atoms with van der Waals surface area (Å²) in [6.45, 7) is 3.41. The number of hydrogen-bond donors (Lipinski definition) is 0. The van der Waals surface area contributed by atoms with Gasteiger partial charge in [0.1, 0.15) is 5.69 Å². The van der Waals surface area contributed by atoms with E-state index in [4.69, 9.17) is 0 Å². The van der Waals surface area contributed by atoms with Gasteiger partial charge in [-0.25, -0.2) is 4.79 Å². The molecule has 1 aromatic heterocycles. The predicted octanol–water partition coefficient (Wildman–Crippen LogP) is 1.53. The molecule has 0 radical (unpaired) electrons. The van der Waals surface area contributed by atoms with Crippen LogP contribution in [-0.4, -0.2) is 17.6 Å². The third-order valence-electron chi connectivity index (χ3n) is 1.40. The first kappa shape index (κ1) is 8.37. The van der Waals surface area contributed by atoms with Crippen molar-refractivity contribution in [2.24, 2.45) is 0 Å². The molecular weight excluding hydrogens is 154 g/mol. The Labute approximate surface area is 70.6 Å². The Hall–Kier alpha value is -1.73. The molecule has 0 spiro atoms. The average molecular weight is 163 g/mol. The van der Waals surface area contributed by atoms with Crippen molar-refractivity contribution in [3.05, 3.63) is 36.3 Å². The zero-order valence-corrected chi connectivity index (χ0v) is 6.78. The summed E-state index contributed by atoms with van der Waals surface area (Å²) in [6, 6.07) is 3.42. The zero-order valence-electron chi connectivity index (χ0n) is 6.78. The molecule has 0 N–H and O–H groups in total. The molecule has 0 amide bonds. The van der Waals surface area contributed by atoms with Crippen LogP contribution in [0.5, 0.6) is 0 Å². The van der Waals surface area contributed by atoms with Crippen molar-refractivity contribution in [2.45, 2.75) is 0 Å². The molecule has 3 heteroatoms. The molecule has 1 aromatic rings. The Balaban J connectivity index is 3.06. The highest BCUT2D eigenvalue weighted by Gasteiger charge is 2.07. The molecule has 0 aromatic carbocycles. The largest absolute Gasteiger partial charge is 0.464 e. The van der Waals surface area contributed by atoms with E-state index in [1.54, 1.807) is 29.1 Å². The van der Waals surface area contributed by atoms with E-state index >= 15 is 0 Å². The summed E-state index contributed by atoms with van der Waals surface area (Å²) >= 11 is 0. The highest BCUT2D eigenvalue weighted by molar-refractivity contribution is 5.88. The van der Waals surface area contributed by atoms with Crippen LogP contribution < -0.4 is 0 Å². The van der Waals surface area contributed by atoms with Gasteiger partial charge in [0.25, 0.3) is 0 Å². The molecule has 0 atom stereocenters. The van der Waals surface area contributed by atoms with Gasteiger partial charge in [0, 0.05) is 6.20 Å². The highest BCUT2D eigenvalue weighted by Crippen LogP contribution is 2.03. The lowest BCUT2D eigenvalue weighted by Gasteiger charge is -1.99. The first-order valence-electron chi connectivity index (χ1n) is 3.40. The van der Waals surface area contributed by atoms with Crippen LogP contribution in [0.4, 0.5) is 0 Å². The van der Waals surface area contributed by atoms with E-state index in [-0.39, 0.29) is 5.97 Å². The van der Waals surface area contributed by atoms with Gasteiger partial charge in [0.15, 0.2) is 0 Å². The number of carbonyl (C=O) groups excluding carboxylic acids is 1. The molecule has 0 aliphatic carbocycles. The SMILES string of the molecule is C=C=Cn1cccc1C(=O)OC. The minimum atomic E-state index is -0.369. The van der Waals surface area contributed by atoms with E-state index in [0.717, 1.165) is 0 Å². The molecule has 1 rings (SSSR count). The molecule has 0 aliphatic rings. The monoisotopic (exact) mass is 163 g/mol. The van der Waals surface area contributed by atoms with Gasteiger partial charge in [0.2, 0.25) is 0 Å². The molecule has 0 fully saturated rings. The van der Waals surface area contributed by atoms with Crippen LogP contribution in [0, 0.1) is 0 Å². The Morgan fingerprint density at radius 2 is 2.58 bits per heavy atom. The number of ether oxygens (including phenoxy) is 1. The predicted molar refractivity (Wildman–Crippen MR) is 45.7 cm³/mol. The average Bonchev–Trinajstić information content (AvgIpc) is 2.52. The van der Waals surface area contributed by atoms with Crippen LogP contribution in [0.3, 0.4) is 0 Å². The minimum Gasteiger partial charge on any atom is -0.464 e. The topological polar surface area (TPSA) is 31.2 Å². The summed E-state index contributed by atoms with van der Waals surface area (Å²) in [7, 11) is 1.34. The van der Waals surface area contributed by atoms with E-state index in [0.29, 0.717) is 5.69 Å². The van der Waals surface area contributed by atoms with Crippen molar-refractivity contribution >= 4 is 12.2 Å². The van der Waals surface area contributed by atoms with Gasteiger partial charge in [-0.2, -0.15) is 0 Å². The summed E-state index contributed by atoms with van der Waals surface area (Å²) < 4.78 is 6.15. The number of rotatable bonds is 2. The molecule has 62 valence electrons. The van der Waals surface area contributed by atoms with Crippen molar-refractivity contribution in [3.63, 3.8) is 0 Å². The zero-order chi connectivity index (χ0) is 8.97. The van der Waals surface area contributed by atoms with Crippen molar-refractivity contribution in [3.8, 4) is 0 Å². The van der Waals surface area contributed by atoms with Gasteiger partial charge in [-0.05, 0) is 12.1 Å². The van der Waals surface area contributed by atoms with E-state index in [1.165, 1.54) is 7.11 Å². The lowest BCUT2D eigenvalue weighted by Crippen LogP contribution is -2.05. The number of esters is 1. The van der Waals surface area contributed by atoms with E-state index in [9.17, 15) is 4.79 Å².